The highest BCUT2D eigenvalue weighted by molar-refractivity contribution is 5.83. The lowest BCUT2D eigenvalue weighted by molar-refractivity contribution is -0.136. The van der Waals surface area contributed by atoms with Crippen molar-refractivity contribution in [2.45, 2.75) is 6.04 Å². The molecule has 0 N–H and O–H groups in total. The molecule has 0 aliphatic carbocycles. The van der Waals surface area contributed by atoms with E-state index < -0.39 is 6.04 Å². The van der Waals surface area contributed by atoms with Crippen LogP contribution in [0.5, 0.6) is 0 Å². The molecular weight excluding hydrogens is 319 g/mol. The molecule has 25 heavy (non-hydrogen) atoms. The van der Waals surface area contributed by atoms with E-state index in [2.05, 4.69) is 9.88 Å². The fourth-order valence-corrected chi connectivity index (χ4v) is 3.24. The summed E-state index contributed by atoms with van der Waals surface area (Å²) in [4.78, 5) is 22.9. The number of pyridine rings is 1. The van der Waals surface area contributed by atoms with Crippen LogP contribution in [0.3, 0.4) is 0 Å². The molecule has 1 aliphatic rings. The van der Waals surface area contributed by atoms with Crippen LogP contribution in [-0.2, 0) is 4.79 Å². The van der Waals surface area contributed by atoms with Crippen molar-refractivity contribution in [1.82, 2.24) is 14.8 Å². The summed E-state index contributed by atoms with van der Waals surface area (Å²) >= 11 is 0. The molecule has 1 aromatic heterocycles. The molecule has 1 saturated heterocycles. The second kappa shape index (κ2) is 7.61. The molecule has 0 spiro atoms. The van der Waals surface area contributed by atoms with Crippen LogP contribution in [0.4, 0.5) is 10.1 Å². The number of carbonyl (C=O) groups is 1. The first-order valence-electron chi connectivity index (χ1n) is 8.42. The number of piperazine rings is 1. The first-order chi connectivity index (χ1) is 12.1. The van der Waals surface area contributed by atoms with Crippen molar-refractivity contribution in [3.8, 4) is 0 Å². The van der Waals surface area contributed by atoms with Crippen LogP contribution in [-0.4, -0.2) is 61.0 Å². The van der Waals surface area contributed by atoms with E-state index in [-0.39, 0.29) is 11.7 Å². The second-order valence-electron chi connectivity index (χ2n) is 6.41. The van der Waals surface area contributed by atoms with Crippen molar-refractivity contribution in [3.05, 3.63) is 60.2 Å². The van der Waals surface area contributed by atoms with Gasteiger partial charge in [0.1, 0.15) is 11.9 Å². The Morgan fingerprint density at radius 3 is 2.32 bits per heavy atom. The Morgan fingerprint density at radius 1 is 1.08 bits per heavy atom. The lowest BCUT2D eigenvalue weighted by Crippen LogP contribution is -2.51. The standard InChI is InChI=1S/C19H23FN4O/c1-22(2)18(16-5-3-4-6-17(16)20)19(25)24-13-11-23(12-14-24)15-7-9-21-10-8-15/h3-10,18H,11-14H2,1-2H3. The molecule has 5 nitrogen and oxygen atoms in total. The number of rotatable bonds is 4. The molecule has 3 rings (SSSR count). The number of amides is 1. The highest BCUT2D eigenvalue weighted by Crippen LogP contribution is 2.25. The number of likely N-dealkylation sites (N-methyl/N-ethyl adjacent to an activating group) is 1. The summed E-state index contributed by atoms with van der Waals surface area (Å²) in [6, 6.07) is 9.84. The number of hydrogen-bond acceptors (Lipinski definition) is 4. The van der Waals surface area contributed by atoms with Crippen molar-refractivity contribution in [1.29, 1.82) is 0 Å². The van der Waals surface area contributed by atoms with E-state index >= 15 is 0 Å². The quantitative estimate of drug-likeness (QED) is 0.854. The number of nitrogens with zero attached hydrogens (tertiary/aromatic N) is 4. The third-order valence-corrected chi connectivity index (χ3v) is 4.57. The normalized spacial score (nSPS) is 16.2. The Labute approximate surface area is 147 Å². The van der Waals surface area contributed by atoms with E-state index in [0.717, 1.165) is 18.8 Å². The third-order valence-electron chi connectivity index (χ3n) is 4.57. The van der Waals surface area contributed by atoms with Gasteiger partial charge in [-0.2, -0.15) is 0 Å². The van der Waals surface area contributed by atoms with Gasteiger partial charge >= 0.3 is 0 Å². The molecule has 0 saturated carbocycles. The van der Waals surface area contributed by atoms with Gasteiger partial charge in [0.05, 0.1) is 0 Å². The van der Waals surface area contributed by atoms with Gasteiger partial charge in [0, 0.05) is 49.8 Å². The monoisotopic (exact) mass is 342 g/mol. The Morgan fingerprint density at radius 2 is 1.72 bits per heavy atom. The van der Waals surface area contributed by atoms with Crippen LogP contribution in [0, 0.1) is 5.82 Å². The van der Waals surface area contributed by atoms with E-state index in [4.69, 9.17) is 0 Å². The molecule has 2 aromatic rings. The summed E-state index contributed by atoms with van der Waals surface area (Å²) in [5, 5.41) is 0. The smallest absolute Gasteiger partial charge is 0.244 e. The van der Waals surface area contributed by atoms with Crippen LogP contribution in [0.25, 0.3) is 0 Å². The molecule has 1 aromatic carbocycles. The second-order valence-corrected chi connectivity index (χ2v) is 6.41. The van der Waals surface area contributed by atoms with Gasteiger partial charge in [0.2, 0.25) is 5.91 Å². The zero-order chi connectivity index (χ0) is 17.8. The Bertz CT molecular complexity index is 714. The van der Waals surface area contributed by atoms with Gasteiger partial charge in [0.25, 0.3) is 0 Å². The minimum absolute atomic E-state index is 0.0514. The van der Waals surface area contributed by atoms with Crippen molar-refractivity contribution in [2.75, 3.05) is 45.2 Å². The number of anilines is 1. The fourth-order valence-electron chi connectivity index (χ4n) is 3.24. The summed E-state index contributed by atoms with van der Waals surface area (Å²) in [5.41, 5.74) is 1.54. The van der Waals surface area contributed by atoms with Gasteiger partial charge in [-0.1, -0.05) is 18.2 Å². The largest absolute Gasteiger partial charge is 0.368 e. The SMILES string of the molecule is CN(C)C(C(=O)N1CCN(c2ccncc2)CC1)c1ccccc1F. The number of benzene rings is 1. The van der Waals surface area contributed by atoms with Crippen LogP contribution in [0.2, 0.25) is 0 Å². The summed E-state index contributed by atoms with van der Waals surface area (Å²) < 4.78 is 14.2. The Hall–Kier alpha value is -2.47. The minimum atomic E-state index is -0.603. The third kappa shape index (κ3) is 3.79. The van der Waals surface area contributed by atoms with Crippen molar-refractivity contribution in [2.24, 2.45) is 0 Å². The molecule has 0 radical (unpaired) electrons. The number of aromatic nitrogens is 1. The number of hydrogen-bond donors (Lipinski definition) is 0. The van der Waals surface area contributed by atoms with Gasteiger partial charge < -0.3 is 9.80 Å². The fraction of sp³-hybridized carbons (Fsp3) is 0.368. The van der Waals surface area contributed by atoms with E-state index in [9.17, 15) is 9.18 Å². The average molecular weight is 342 g/mol. The van der Waals surface area contributed by atoms with E-state index in [1.807, 2.05) is 31.1 Å². The van der Waals surface area contributed by atoms with Crippen molar-refractivity contribution < 1.29 is 9.18 Å². The highest BCUT2D eigenvalue weighted by atomic mass is 19.1. The predicted molar refractivity (Wildman–Crippen MR) is 95.9 cm³/mol. The number of carbonyl (C=O) groups excluding carboxylic acids is 1. The highest BCUT2D eigenvalue weighted by Gasteiger charge is 2.31. The van der Waals surface area contributed by atoms with Crippen LogP contribution in [0.1, 0.15) is 11.6 Å². The Kier molecular flexibility index (Phi) is 5.28. The molecule has 1 fully saturated rings. The maximum atomic E-state index is 14.2. The molecule has 1 unspecified atom stereocenters. The van der Waals surface area contributed by atoms with Gasteiger partial charge in [-0.3, -0.25) is 14.7 Å². The lowest BCUT2D eigenvalue weighted by atomic mass is 10.0. The minimum Gasteiger partial charge on any atom is -0.368 e. The topological polar surface area (TPSA) is 39.7 Å². The summed E-state index contributed by atoms with van der Waals surface area (Å²) in [6.45, 7) is 2.76. The maximum absolute atomic E-state index is 14.2. The van der Waals surface area contributed by atoms with Crippen molar-refractivity contribution in [3.63, 3.8) is 0 Å². The zero-order valence-corrected chi connectivity index (χ0v) is 14.6. The Balaban J connectivity index is 1.71. The van der Waals surface area contributed by atoms with Gasteiger partial charge in [-0.15, -0.1) is 0 Å². The van der Waals surface area contributed by atoms with Crippen LogP contribution >= 0.6 is 0 Å². The molecule has 2 heterocycles. The molecule has 132 valence electrons. The maximum Gasteiger partial charge on any atom is 0.244 e. The zero-order valence-electron chi connectivity index (χ0n) is 14.6. The molecule has 1 atom stereocenters. The summed E-state index contributed by atoms with van der Waals surface area (Å²) in [5.74, 6) is -0.394. The predicted octanol–water partition coefficient (Wildman–Crippen LogP) is 2.17. The lowest BCUT2D eigenvalue weighted by Gasteiger charge is -2.38. The first-order valence-corrected chi connectivity index (χ1v) is 8.42. The molecule has 6 heteroatoms. The van der Waals surface area contributed by atoms with E-state index in [0.29, 0.717) is 18.7 Å². The summed E-state index contributed by atoms with van der Waals surface area (Å²) in [7, 11) is 3.62. The first kappa shape index (κ1) is 17.4. The molecular formula is C19H23FN4O. The van der Waals surface area contributed by atoms with Gasteiger partial charge in [0.15, 0.2) is 0 Å². The molecule has 0 bridgehead atoms. The van der Waals surface area contributed by atoms with Gasteiger partial charge in [-0.05, 0) is 32.3 Å². The number of halogens is 1. The average Bonchev–Trinajstić information content (AvgIpc) is 2.64. The summed E-state index contributed by atoms with van der Waals surface area (Å²) in [6.07, 6.45) is 3.54. The van der Waals surface area contributed by atoms with Crippen LogP contribution < -0.4 is 4.90 Å². The molecule has 1 aliphatic heterocycles. The van der Waals surface area contributed by atoms with Crippen LogP contribution in [0.15, 0.2) is 48.8 Å². The van der Waals surface area contributed by atoms with Crippen molar-refractivity contribution >= 4 is 11.6 Å². The molecule has 1 amide bonds. The van der Waals surface area contributed by atoms with E-state index in [1.54, 1.807) is 35.5 Å². The van der Waals surface area contributed by atoms with E-state index in [1.165, 1.54) is 6.07 Å². The van der Waals surface area contributed by atoms with Gasteiger partial charge in [-0.25, -0.2) is 4.39 Å².